The number of carbonyl (C=O) groups excluding carboxylic acids is 2. The van der Waals surface area contributed by atoms with Crippen LogP contribution in [0.4, 0.5) is 5.69 Å². The monoisotopic (exact) mass is 401 g/mol. The number of imide groups is 1. The lowest BCUT2D eigenvalue weighted by atomic mass is 10.1. The second kappa shape index (κ2) is 8.93. The molecule has 0 saturated carbocycles. The van der Waals surface area contributed by atoms with E-state index in [2.05, 4.69) is 0 Å². The molecule has 1 aliphatic rings. The first-order valence-electron chi connectivity index (χ1n) is 10.0. The molecule has 3 aromatic rings. The summed E-state index contributed by atoms with van der Waals surface area (Å²) in [7, 11) is 0. The summed E-state index contributed by atoms with van der Waals surface area (Å²) < 4.78 is 11.1. The molecule has 1 saturated heterocycles. The Morgan fingerprint density at radius 3 is 2.27 bits per heavy atom. The lowest BCUT2D eigenvalue weighted by molar-refractivity contribution is 0.0895. The van der Waals surface area contributed by atoms with E-state index in [0.29, 0.717) is 35.8 Å². The van der Waals surface area contributed by atoms with Crippen molar-refractivity contribution in [1.82, 2.24) is 0 Å². The van der Waals surface area contributed by atoms with Crippen molar-refractivity contribution in [2.45, 2.75) is 19.4 Å². The first-order valence-corrected chi connectivity index (χ1v) is 10.0. The lowest BCUT2D eigenvalue weighted by Crippen LogP contribution is -2.37. The van der Waals surface area contributed by atoms with E-state index in [0.717, 1.165) is 12.0 Å². The van der Waals surface area contributed by atoms with Crippen LogP contribution >= 0.6 is 0 Å². The molecule has 1 fully saturated rings. The maximum atomic E-state index is 13.6. The summed E-state index contributed by atoms with van der Waals surface area (Å²) in [5.74, 6) is -0.344. The Bertz CT molecular complexity index is 1030. The Hall–Kier alpha value is -3.44. The zero-order valence-corrected chi connectivity index (χ0v) is 16.8. The van der Waals surface area contributed by atoms with Crippen LogP contribution in [0.2, 0.25) is 0 Å². The molecule has 1 aliphatic heterocycles. The summed E-state index contributed by atoms with van der Waals surface area (Å²) in [5, 5.41) is 0. The molecule has 0 radical (unpaired) electrons. The second-order valence-electron chi connectivity index (χ2n) is 7.10. The molecule has 5 heteroatoms. The van der Waals surface area contributed by atoms with Gasteiger partial charge in [0, 0.05) is 5.56 Å². The largest absolute Gasteiger partial charge is 0.490 e. The number of ether oxygens (including phenoxy) is 2. The Kier molecular flexibility index (Phi) is 5.91. The standard InChI is InChI=1S/C25H23NO4/c1-2-18-13-14-22(23(15-18)30-17-21-16-29-21)25(28)26(20-11-7-4-8-12-20)24(27)19-9-5-3-6-10-19/h3-15,21H,2,16-17H2,1H3. The van der Waals surface area contributed by atoms with E-state index in [-0.39, 0.29) is 12.0 Å². The molecule has 0 aromatic heterocycles. The fraction of sp³-hybridized carbons (Fsp3) is 0.200. The van der Waals surface area contributed by atoms with Crippen molar-refractivity contribution in [3.8, 4) is 5.75 Å². The lowest BCUT2D eigenvalue weighted by Gasteiger charge is -2.23. The maximum Gasteiger partial charge on any atom is 0.269 e. The average Bonchev–Trinajstić information content (AvgIpc) is 3.63. The normalized spacial score (nSPS) is 14.8. The number of hydrogen-bond acceptors (Lipinski definition) is 4. The third-order valence-corrected chi connectivity index (χ3v) is 4.95. The van der Waals surface area contributed by atoms with E-state index >= 15 is 0 Å². The Balaban J connectivity index is 1.73. The molecule has 1 heterocycles. The summed E-state index contributed by atoms with van der Waals surface area (Å²) in [4.78, 5) is 28.2. The van der Waals surface area contributed by atoms with Gasteiger partial charge in [-0.05, 0) is 48.4 Å². The van der Waals surface area contributed by atoms with Crippen molar-refractivity contribution in [3.05, 3.63) is 95.6 Å². The van der Waals surface area contributed by atoms with Gasteiger partial charge >= 0.3 is 0 Å². The van der Waals surface area contributed by atoms with E-state index in [1.807, 2.05) is 31.2 Å². The maximum absolute atomic E-state index is 13.6. The van der Waals surface area contributed by atoms with Crippen molar-refractivity contribution < 1.29 is 19.1 Å². The van der Waals surface area contributed by atoms with Crippen LogP contribution in [-0.4, -0.2) is 31.1 Å². The van der Waals surface area contributed by atoms with Gasteiger partial charge in [0.25, 0.3) is 11.8 Å². The summed E-state index contributed by atoms with van der Waals surface area (Å²) in [6.07, 6.45) is 0.880. The van der Waals surface area contributed by atoms with Gasteiger partial charge in [0.05, 0.1) is 17.9 Å². The molecule has 4 rings (SSSR count). The second-order valence-corrected chi connectivity index (χ2v) is 7.10. The van der Waals surface area contributed by atoms with Gasteiger partial charge in [0.15, 0.2) is 0 Å². The van der Waals surface area contributed by atoms with Crippen LogP contribution in [0.25, 0.3) is 0 Å². The van der Waals surface area contributed by atoms with Crippen LogP contribution in [0, 0.1) is 0 Å². The van der Waals surface area contributed by atoms with Crippen molar-refractivity contribution in [3.63, 3.8) is 0 Å². The fourth-order valence-electron chi connectivity index (χ4n) is 3.16. The van der Waals surface area contributed by atoms with Gasteiger partial charge in [-0.2, -0.15) is 0 Å². The number of aryl methyl sites for hydroxylation is 1. The predicted octanol–water partition coefficient (Wildman–Crippen LogP) is 4.51. The molecule has 3 aromatic carbocycles. The number of para-hydroxylation sites is 1. The molecule has 152 valence electrons. The summed E-state index contributed by atoms with van der Waals surface area (Å²) in [6, 6.07) is 23.2. The number of nitrogens with zero attached hydrogens (tertiary/aromatic N) is 1. The highest BCUT2D eigenvalue weighted by Crippen LogP contribution is 2.27. The smallest absolute Gasteiger partial charge is 0.269 e. The number of carbonyl (C=O) groups is 2. The fourth-order valence-corrected chi connectivity index (χ4v) is 3.16. The van der Waals surface area contributed by atoms with E-state index in [1.54, 1.807) is 54.6 Å². The highest BCUT2D eigenvalue weighted by atomic mass is 16.6. The Morgan fingerprint density at radius 1 is 0.967 bits per heavy atom. The third kappa shape index (κ3) is 4.42. The number of hydrogen-bond donors (Lipinski definition) is 0. The summed E-state index contributed by atoms with van der Waals surface area (Å²) >= 11 is 0. The molecule has 1 atom stereocenters. The molecule has 0 bridgehead atoms. The molecular weight excluding hydrogens is 378 g/mol. The molecule has 1 unspecified atom stereocenters. The van der Waals surface area contributed by atoms with Crippen molar-refractivity contribution in [2.75, 3.05) is 18.1 Å². The van der Waals surface area contributed by atoms with Crippen LogP contribution in [0.15, 0.2) is 78.9 Å². The van der Waals surface area contributed by atoms with Gasteiger partial charge in [0.2, 0.25) is 0 Å². The Morgan fingerprint density at radius 2 is 1.63 bits per heavy atom. The van der Waals surface area contributed by atoms with E-state index in [9.17, 15) is 9.59 Å². The van der Waals surface area contributed by atoms with Gasteiger partial charge < -0.3 is 9.47 Å². The third-order valence-electron chi connectivity index (χ3n) is 4.95. The van der Waals surface area contributed by atoms with Crippen LogP contribution in [0.3, 0.4) is 0 Å². The molecule has 5 nitrogen and oxygen atoms in total. The van der Waals surface area contributed by atoms with E-state index in [4.69, 9.17) is 9.47 Å². The molecular formula is C25H23NO4. The number of amides is 2. The van der Waals surface area contributed by atoms with Crippen molar-refractivity contribution in [2.24, 2.45) is 0 Å². The minimum atomic E-state index is -0.426. The Labute approximate surface area is 175 Å². The molecule has 0 aliphatic carbocycles. The molecule has 0 N–H and O–H groups in total. The SMILES string of the molecule is CCc1ccc(C(=O)N(C(=O)c2ccccc2)c2ccccc2)c(OCC2CO2)c1. The average molecular weight is 401 g/mol. The quantitative estimate of drug-likeness (QED) is 0.432. The first-order chi connectivity index (χ1) is 14.7. The topological polar surface area (TPSA) is 59.1 Å². The molecule has 30 heavy (non-hydrogen) atoms. The van der Waals surface area contributed by atoms with E-state index in [1.165, 1.54) is 4.90 Å². The van der Waals surface area contributed by atoms with E-state index < -0.39 is 5.91 Å². The van der Waals surface area contributed by atoms with Crippen LogP contribution in [-0.2, 0) is 11.2 Å². The van der Waals surface area contributed by atoms with Gasteiger partial charge in [0.1, 0.15) is 18.5 Å². The molecule has 2 amide bonds. The minimum Gasteiger partial charge on any atom is -0.490 e. The molecule has 0 spiro atoms. The summed E-state index contributed by atoms with van der Waals surface area (Å²) in [5.41, 5.74) is 2.35. The predicted molar refractivity (Wildman–Crippen MR) is 115 cm³/mol. The highest BCUT2D eigenvalue weighted by molar-refractivity contribution is 6.26. The number of rotatable bonds is 7. The van der Waals surface area contributed by atoms with Gasteiger partial charge in [-0.3, -0.25) is 9.59 Å². The number of anilines is 1. The summed E-state index contributed by atoms with van der Waals surface area (Å²) in [6.45, 7) is 3.09. The number of benzene rings is 3. The zero-order valence-electron chi connectivity index (χ0n) is 16.8. The van der Waals surface area contributed by atoms with Crippen LogP contribution in [0.1, 0.15) is 33.2 Å². The van der Waals surface area contributed by atoms with Crippen LogP contribution in [0.5, 0.6) is 5.75 Å². The van der Waals surface area contributed by atoms with Gasteiger partial charge in [-0.25, -0.2) is 4.90 Å². The number of epoxide rings is 1. The van der Waals surface area contributed by atoms with Gasteiger partial charge in [-0.15, -0.1) is 0 Å². The van der Waals surface area contributed by atoms with Crippen LogP contribution < -0.4 is 9.64 Å². The van der Waals surface area contributed by atoms with Crippen molar-refractivity contribution >= 4 is 17.5 Å². The van der Waals surface area contributed by atoms with Gasteiger partial charge in [-0.1, -0.05) is 49.4 Å². The first kappa shape index (κ1) is 19.9. The van der Waals surface area contributed by atoms with Crippen molar-refractivity contribution in [1.29, 1.82) is 0 Å². The zero-order chi connectivity index (χ0) is 20.9. The highest BCUT2D eigenvalue weighted by Gasteiger charge is 2.29. The minimum absolute atomic E-state index is 0.0643.